The Labute approximate surface area is 172 Å². The van der Waals surface area contributed by atoms with Crippen LogP contribution in [0.15, 0.2) is 0 Å². The number of nitrogens with one attached hydrogen (secondary N) is 1. The highest BCUT2D eigenvalue weighted by Crippen LogP contribution is 2.39. The molecule has 0 saturated carbocycles. The molecule has 2 aromatic rings. The standard InChI is InChI=1S/C19H24N4O5S/c1-5-28-19(25)15-13-8-6-7-9-14(13)29-18(15)20-17(24)12(4)22-11(3)16(23(26)27)10(2)21-22/h12H,5-9H2,1-4H3,(H,20,24). The lowest BCUT2D eigenvalue weighted by molar-refractivity contribution is -0.386. The number of aryl methyl sites for hydroxylation is 2. The maximum absolute atomic E-state index is 12.9. The number of carbonyl (C=O) groups is 2. The Hall–Kier alpha value is -2.75. The zero-order chi connectivity index (χ0) is 21.3. The van der Waals surface area contributed by atoms with Crippen LogP contribution in [0.5, 0.6) is 0 Å². The molecule has 0 aliphatic heterocycles. The SMILES string of the molecule is CCOC(=O)c1c(NC(=O)C(C)n2nc(C)c([N+](=O)[O-])c2C)sc2c1CCCC2. The average molecular weight is 420 g/mol. The largest absolute Gasteiger partial charge is 0.462 e. The Balaban J connectivity index is 1.91. The minimum atomic E-state index is -0.781. The van der Waals surface area contributed by atoms with E-state index in [1.165, 1.54) is 16.0 Å². The maximum atomic E-state index is 12.9. The van der Waals surface area contributed by atoms with Crippen molar-refractivity contribution in [3.05, 3.63) is 37.5 Å². The van der Waals surface area contributed by atoms with Gasteiger partial charge in [-0.15, -0.1) is 11.3 Å². The van der Waals surface area contributed by atoms with Crippen molar-refractivity contribution in [3.63, 3.8) is 0 Å². The van der Waals surface area contributed by atoms with Crippen molar-refractivity contribution in [1.29, 1.82) is 0 Å². The molecule has 0 saturated heterocycles. The molecule has 29 heavy (non-hydrogen) atoms. The monoisotopic (exact) mass is 420 g/mol. The summed E-state index contributed by atoms with van der Waals surface area (Å²) < 4.78 is 6.56. The number of esters is 1. The van der Waals surface area contributed by atoms with Gasteiger partial charge in [0.05, 0.1) is 17.1 Å². The molecule has 3 rings (SSSR count). The van der Waals surface area contributed by atoms with Gasteiger partial charge in [0.2, 0.25) is 5.91 Å². The van der Waals surface area contributed by atoms with Gasteiger partial charge in [-0.05, 0) is 58.9 Å². The molecule has 9 nitrogen and oxygen atoms in total. The van der Waals surface area contributed by atoms with Gasteiger partial charge in [-0.25, -0.2) is 4.79 Å². The quantitative estimate of drug-likeness (QED) is 0.432. The van der Waals surface area contributed by atoms with Crippen LogP contribution in [0.3, 0.4) is 0 Å². The molecule has 2 aromatic heterocycles. The van der Waals surface area contributed by atoms with Crippen molar-refractivity contribution in [3.8, 4) is 0 Å². The Morgan fingerprint density at radius 1 is 1.34 bits per heavy atom. The lowest BCUT2D eigenvalue weighted by Gasteiger charge is -2.15. The molecule has 1 N–H and O–H groups in total. The summed E-state index contributed by atoms with van der Waals surface area (Å²) in [5.74, 6) is -0.828. The summed E-state index contributed by atoms with van der Waals surface area (Å²) in [4.78, 5) is 37.3. The predicted molar refractivity (Wildman–Crippen MR) is 109 cm³/mol. The summed E-state index contributed by atoms with van der Waals surface area (Å²) in [6.45, 7) is 6.72. The third kappa shape index (κ3) is 3.89. The highest BCUT2D eigenvalue weighted by molar-refractivity contribution is 7.17. The molecule has 0 bridgehead atoms. The third-order valence-corrected chi connectivity index (χ3v) is 6.31. The first-order valence-corrected chi connectivity index (χ1v) is 10.4. The van der Waals surface area contributed by atoms with Crippen molar-refractivity contribution < 1.29 is 19.2 Å². The molecule has 0 fully saturated rings. The van der Waals surface area contributed by atoms with E-state index in [4.69, 9.17) is 4.74 Å². The van der Waals surface area contributed by atoms with E-state index < -0.39 is 22.8 Å². The first-order chi connectivity index (χ1) is 13.8. The molecule has 1 aliphatic carbocycles. The lowest BCUT2D eigenvalue weighted by atomic mass is 9.95. The number of thiophene rings is 1. The van der Waals surface area contributed by atoms with Crippen LogP contribution in [0, 0.1) is 24.0 Å². The van der Waals surface area contributed by atoms with Gasteiger partial charge in [0.1, 0.15) is 22.4 Å². The van der Waals surface area contributed by atoms with Gasteiger partial charge in [0, 0.05) is 4.88 Å². The van der Waals surface area contributed by atoms with Gasteiger partial charge in [-0.1, -0.05) is 0 Å². The van der Waals surface area contributed by atoms with E-state index in [-0.39, 0.29) is 18.0 Å². The van der Waals surface area contributed by atoms with Crippen LogP contribution in [-0.4, -0.2) is 33.2 Å². The molecule has 1 atom stereocenters. The molecule has 1 amide bonds. The van der Waals surface area contributed by atoms with E-state index in [2.05, 4.69) is 10.4 Å². The van der Waals surface area contributed by atoms with Gasteiger partial charge in [-0.3, -0.25) is 19.6 Å². The highest BCUT2D eigenvalue weighted by atomic mass is 32.1. The lowest BCUT2D eigenvalue weighted by Crippen LogP contribution is -2.26. The van der Waals surface area contributed by atoms with Crippen LogP contribution in [0.1, 0.15) is 64.9 Å². The van der Waals surface area contributed by atoms with E-state index in [1.807, 2.05) is 0 Å². The minimum absolute atomic E-state index is 0.0940. The highest BCUT2D eigenvalue weighted by Gasteiger charge is 2.30. The fraction of sp³-hybridized carbons (Fsp3) is 0.526. The number of carbonyl (C=O) groups excluding carboxylic acids is 2. The number of hydrogen-bond acceptors (Lipinski definition) is 7. The van der Waals surface area contributed by atoms with Crippen LogP contribution < -0.4 is 5.32 Å². The molecule has 0 aromatic carbocycles. The summed E-state index contributed by atoms with van der Waals surface area (Å²) in [6.07, 6.45) is 3.71. The third-order valence-electron chi connectivity index (χ3n) is 5.10. The van der Waals surface area contributed by atoms with Crippen LogP contribution in [0.2, 0.25) is 0 Å². The summed E-state index contributed by atoms with van der Waals surface area (Å²) in [7, 11) is 0. The number of amides is 1. The number of fused-ring (bicyclic) bond motifs is 1. The summed E-state index contributed by atoms with van der Waals surface area (Å²) >= 11 is 1.40. The Morgan fingerprint density at radius 3 is 2.66 bits per heavy atom. The summed E-state index contributed by atoms with van der Waals surface area (Å²) in [5, 5.41) is 18.7. The molecular weight excluding hydrogens is 396 g/mol. The summed E-state index contributed by atoms with van der Waals surface area (Å²) in [5.41, 5.74) is 1.87. The van der Waals surface area contributed by atoms with E-state index in [9.17, 15) is 19.7 Å². The van der Waals surface area contributed by atoms with E-state index in [0.29, 0.717) is 16.3 Å². The normalized spacial score (nSPS) is 14.2. The minimum Gasteiger partial charge on any atom is -0.462 e. The molecule has 0 radical (unpaired) electrons. The van der Waals surface area contributed by atoms with Crippen LogP contribution in [0.25, 0.3) is 0 Å². The first-order valence-electron chi connectivity index (χ1n) is 9.58. The second-order valence-corrected chi connectivity index (χ2v) is 8.13. The number of rotatable bonds is 6. The number of hydrogen-bond donors (Lipinski definition) is 1. The zero-order valence-corrected chi connectivity index (χ0v) is 17.7. The van der Waals surface area contributed by atoms with Crippen molar-refractivity contribution in [1.82, 2.24) is 9.78 Å². The van der Waals surface area contributed by atoms with Gasteiger partial charge < -0.3 is 10.1 Å². The molecule has 156 valence electrons. The van der Waals surface area contributed by atoms with E-state index in [1.54, 1.807) is 27.7 Å². The Morgan fingerprint density at radius 2 is 2.03 bits per heavy atom. The topological polar surface area (TPSA) is 116 Å². The first kappa shape index (κ1) is 21.0. The molecule has 1 aliphatic rings. The Kier molecular flexibility index (Phi) is 6.02. The second-order valence-electron chi connectivity index (χ2n) is 7.02. The molecular formula is C19H24N4O5S. The van der Waals surface area contributed by atoms with Gasteiger partial charge >= 0.3 is 11.7 Å². The number of aromatic nitrogens is 2. The van der Waals surface area contributed by atoms with E-state index in [0.717, 1.165) is 36.1 Å². The average Bonchev–Trinajstić information content (AvgIpc) is 3.17. The number of nitro groups is 1. The van der Waals surface area contributed by atoms with Gasteiger partial charge in [0.25, 0.3) is 0 Å². The van der Waals surface area contributed by atoms with E-state index >= 15 is 0 Å². The Bertz CT molecular complexity index is 978. The maximum Gasteiger partial charge on any atom is 0.341 e. The van der Waals surface area contributed by atoms with Crippen molar-refractivity contribution in [2.45, 2.75) is 59.4 Å². The second kappa shape index (κ2) is 8.32. The number of anilines is 1. The van der Waals surface area contributed by atoms with Crippen LogP contribution >= 0.6 is 11.3 Å². The van der Waals surface area contributed by atoms with Crippen molar-refractivity contribution in [2.75, 3.05) is 11.9 Å². The van der Waals surface area contributed by atoms with Crippen LogP contribution in [-0.2, 0) is 22.4 Å². The molecule has 2 heterocycles. The number of nitrogens with zero attached hydrogens (tertiary/aromatic N) is 3. The fourth-order valence-electron chi connectivity index (χ4n) is 3.70. The van der Waals surface area contributed by atoms with Crippen LogP contribution in [0.4, 0.5) is 10.7 Å². The van der Waals surface area contributed by atoms with Gasteiger partial charge in [0.15, 0.2) is 0 Å². The summed E-state index contributed by atoms with van der Waals surface area (Å²) in [6, 6.07) is -0.781. The fourth-order valence-corrected chi connectivity index (χ4v) is 4.98. The van der Waals surface area contributed by atoms with Crippen molar-refractivity contribution in [2.24, 2.45) is 0 Å². The number of ether oxygens (including phenoxy) is 1. The van der Waals surface area contributed by atoms with Gasteiger partial charge in [-0.2, -0.15) is 5.10 Å². The molecule has 10 heteroatoms. The zero-order valence-electron chi connectivity index (χ0n) is 16.9. The van der Waals surface area contributed by atoms with Crippen molar-refractivity contribution >= 4 is 33.9 Å². The predicted octanol–water partition coefficient (Wildman–Crippen LogP) is 3.72. The smallest absolute Gasteiger partial charge is 0.341 e. The molecule has 1 unspecified atom stereocenters. The molecule has 0 spiro atoms.